The highest BCUT2D eigenvalue weighted by Crippen LogP contribution is 2.11. The van der Waals surface area contributed by atoms with E-state index in [2.05, 4.69) is 10.6 Å². The van der Waals surface area contributed by atoms with Crippen molar-refractivity contribution in [2.45, 2.75) is 33.7 Å². The molecule has 20 heavy (non-hydrogen) atoms. The second-order valence-corrected chi connectivity index (χ2v) is 5.32. The third kappa shape index (κ3) is 5.73. The van der Waals surface area contributed by atoms with Gasteiger partial charge in [0, 0.05) is 11.7 Å². The van der Waals surface area contributed by atoms with Crippen molar-refractivity contribution < 1.29 is 14.3 Å². The van der Waals surface area contributed by atoms with E-state index in [9.17, 15) is 9.59 Å². The summed E-state index contributed by atoms with van der Waals surface area (Å²) in [5.41, 5.74) is 1.10. The van der Waals surface area contributed by atoms with E-state index in [4.69, 9.17) is 4.74 Å². The van der Waals surface area contributed by atoms with Gasteiger partial charge < -0.3 is 15.4 Å². The summed E-state index contributed by atoms with van der Waals surface area (Å²) in [6.45, 7) is 8.12. The minimum absolute atomic E-state index is 0.0697. The zero-order valence-electron chi connectivity index (χ0n) is 12.4. The maximum atomic E-state index is 11.7. The molecule has 1 aromatic rings. The number of carbonyl (C=O) groups excluding carboxylic acids is 2. The van der Waals surface area contributed by atoms with Crippen LogP contribution in [0.5, 0.6) is 0 Å². The Morgan fingerprint density at radius 2 is 1.70 bits per heavy atom. The van der Waals surface area contributed by atoms with E-state index in [0.29, 0.717) is 23.8 Å². The first-order valence-corrected chi connectivity index (χ1v) is 6.73. The Hall–Kier alpha value is -2.04. The molecular weight excluding hydrogens is 256 g/mol. The van der Waals surface area contributed by atoms with Crippen molar-refractivity contribution in [2.24, 2.45) is 5.92 Å². The summed E-state index contributed by atoms with van der Waals surface area (Å²) in [6, 6.07) is 6.41. The van der Waals surface area contributed by atoms with Gasteiger partial charge in [-0.15, -0.1) is 0 Å². The van der Waals surface area contributed by atoms with Gasteiger partial charge in [-0.3, -0.25) is 0 Å². The van der Waals surface area contributed by atoms with Gasteiger partial charge in [0.15, 0.2) is 0 Å². The molecular formula is C15H22N2O3. The van der Waals surface area contributed by atoms with Crippen LogP contribution >= 0.6 is 0 Å². The zero-order chi connectivity index (χ0) is 15.1. The average Bonchev–Trinajstić information content (AvgIpc) is 2.35. The monoisotopic (exact) mass is 278 g/mol. The Morgan fingerprint density at radius 3 is 2.20 bits per heavy atom. The Bertz CT molecular complexity index is 453. The molecule has 0 aromatic heterocycles. The number of hydrogen-bond donors (Lipinski definition) is 2. The van der Waals surface area contributed by atoms with Crippen LogP contribution in [0.2, 0.25) is 0 Å². The molecule has 0 unspecified atom stereocenters. The van der Waals surface area contributed by atoms with Crippen molar-refractivity contribution in [3.8, 4) is 0 Å². The quantitative estimate of drug-likeness (QED) is 0.813. The first-order valence-electron chi connectivity index (χ1n) is 6.73. The van der Waals surface area contributed by atoms with Crippen molar-refractivity contribution in [3.05, 3.63) is 29.8 Å². The van der Waals surface area contributed by atoms with Gasteiger partial charge in [-0.05, 0) is 44.0 Å². The van der Waals surface area contributed by atoms with Gasteiger partial charge >= 0.3 is 12.0 Å². The zero-order valence-corrected chi connectivity index (χ0v) is 12.4. The SMILES string of the molecule is CC(C)COC(=O)c1ccc(NC(=O)NC(C)C)cc1. The molecule has 1 aromatic carbocycles. The smallest absolute Gasteiger partial charge is 0.338 e. The molecule has 0 heterocycles. The van der Waals surface area contributed by atoms with Crippen LogP contribution in [0.4, 0.5) is 10.5 Å². The van der Waals surface area contributed by atoms with E-state index in [-0.39, 0.29) is 18.0 Å². The van der Waals surface area contributed by atoms with E-state index in [0.717, 1.165) is 0 Å². The number of benzene rings is 1. The summed E-state index contributed by atoms with van der Waals surface area (Å²) in [5.74, 6) is -0.0449. The van der Waals surface area contributed by atoms with E-state index < -0.39 is 0 Å². The molecule has 0 radical (unpaired) electrons. The average molecular weight is 278 g/mol. The van der Waals surface area contributed by atoms with Gasteiger partial charge in [0.2, 0.25) is 0 Å². The van der Waals surface area contributed by atoms with Crippen molar-refractivity contribution in [1.29, 1.82) is 0 Å². The van der Waals surface area contributed by atoms with Crippen molar-refractivity contribution in [1.82, 2.24) is 5.32 Å². The summed E-state index contributed by atoms with van der Waals surface area (Å²) >= 11 is 0. The minimum Gasteiger partial charge on any atom is -0.462 e. The molecule has 0 saturated carbocycles. The maximum absolute atomic E-state index is 11.7. The largest absolute Gasteiger partial charge is 0.462 e. The Labute approximate surface area is 119 Å². The lowest BCUT2D eigenvalue weighted by Gasteiger charge is -2.11. The Balaban J connectivity index is 2.55. The molecule has 5 heteroatoms. The van der Waals surface area contributed by atoms with Gasteiger partial charge in [-0.25, -0.2) is 9.59 Å². The fraction of sp³-hybridized carbons (Fsp3) is 0.467. The minimum atomic E-state index is -0.350. The molecule has 0 saturated heterocycles. The van der Waals surface area contributed by atoms with Gasteiger partial charge in [0.25, 0.3) is 0 Å². The first kappa shape index (κ1) is 16.0. The maximum Gasteiger partial charge on any atom is 0.338 e. The predicted molar refractivity (Wildman–Crippen MR) is 78.9 cm³/mol. The van der Waals surface area contributed by atoms with Crippen LogP contribution in [0, 0.1) is 5.92 Å². The highest BCUT2D eigenvalue weighted by atomic mass is 16.5. The highest BCUT2D eigenvalue weighted by molar-refractivity contribution is 5.92. The highest BCUT2D eigenvalue weighted by Gasteiger charge is 2.09. The number of rotatable bonds is 5. The third-order valence-corrected chi connectivity index (χ3v) is 2.35. The second kappa shape index (κ2) is 7.53. The predicted octanol–water partition coefficient (Wildman–Crippen LogP) is 3.03. The molecule has 0 bridgehead atoms. The molecule has 0 aliphatic rings. The fourth-order valence-electron chi connectivity index (χ4n) is 1.44. The summed E-state index contributed by atoms with van der Waals surface area (Å²) < 4.78 is 5.12. The van der Waals surface area contributed by atoms with Gasteiger partial charge in [-0.2, -0.15) is 0 Å². The van der Waals surface area contributed by atoms with Gasteiger partial charge in [0.05, 0.1) is 12.2 Å². The van der Waals surface area contributed by atoms with Gasteiger partial charge in [-0.1, -0.05) is 13.8 Å². The topological polar surface area (TPSA) is 67.4 Å². The van der Waals surface area contributed by atoms with Gasteiger partial charge in [0.1, 0.15) is 0 Å². The Morgan fingerprint density at radius 1 is 1.10 bits per heavy atom. The van der Waals surface area contributed by atoms with E-state index in [1.807, 2.05) is 27.7 Å². The lowest BCUT2D eigenvalue weighted by atomic mass is 10.2. The lowest BCUT2D eigenvalue weighted by molar-refractivity contribution is 0.0459. The molecule has 110 valence electrons. The number of esters is 1. The third-order valence-electron chi connectivity index (χ3n) is 2.35. The van der Waals surface area contributed by atoms with Crippen LogP contribution < -0.4 is 10.6 Å². The van der Waals surface area contributed by atoms with Crippen molar-refractivity contribution in [3.63, 3.8) is 0 Å². The number of hydrogen-bond acceptors (Lipinski definition) is 3. The molecule has 0 aliphatic heterocycles. The second-order valence-electron chi connectivity index (χ2n) is 5.32. The number of anilines is 1. The fourth-order valence-corrected chi connectivity index (χ4v) is 1.44. The molecule has 0 spiro atoms. The standard InChI is InChI=1S/C15H22N2O3/c1-10(2)9-20-14(18)12-5-7-13(8-6-12)17-15(19)16-11(3)4/h5-8,10-11H,9H2,1-4H3,(H2,16,17,19). The van der Waals surface area contributed by atoms with Crippen LogP contribution in [0.1, 0.15) is 38.1 Å². The van der Waals surface area contributed by atoms with E-state index in [1.54, 1.807) is 24.3 Å². The number of urea groups is 1. The molecule has 0 fully saturated rings. The number of ether oxygens (including phenoxy) is 1. The van der Waals surface area contributed by atoms with Crippen LogP contribution in [0.3, 0.4) is 0 Å². The normalized spacial score (nSPS) is 10.5. The summed E-state index contributed by atoms with van der Waals surface area (Å²) in [7, 11) is 0. The molecule has 1 rings (SSSR count). The Kier molecular flexibility index (Phi) is 6.03. The number of amides is 2. The molecule has 5 nitrogen and oxygen atoms in total. The van der Waals surface area contributed by atoms with E-state index >= 15 is 0 Å². The summed E-state index contributed by atoms with van der Waals surface area (Å²) in [6.07, 6.45) is 0. The van der Waals surface area contributed by atoms with E-state index in [1.165, 1.54) is 0 Å². The number of carbonyl (C=O) groups is 2. The summed E-state index contributed by atoms with van der Waals surface area (Å²) in [4.78, 5) is 23.2. The summed E-state index contributed by atoms with van der Waals surface area (Å²) in [5, 5.41) is 5.41. The van der Waals surface area contributed by atoms with Crippen LogP contribution in [-0.4, -0.2) is 24.6 Å². The molecule has 2 N–H and O–H groups in total. The lowest BCUT2D eigenvalue weighted by Crippen LogP contribution is -2.34. The van der Waals surface area contributed by atoms with Crippen molar-refractivity contribution in [2.75, 3.05) is 11.9 Å². The molecule has 0 atom stereocenters. The van der Waals surface area contributed by atoms with Crippen molar-refractivity contribution >= 4 is 17.7 Å². The molecule has 2 amide bonds. The first-order chi connectivity index (χ1) is 9.38. The van der Waals surface area contributed by atoms with Crippen LogP contribution in [0.15, 0.2) is 24.3 Å². The molecule has 0 aliphatic carbocycles. The van der Waals surface area contributed by atoms with Crippen LogP contribution in [-0.2, 0) is 4.74 Å². The van der Waals surface area contributed by atoms with Crippen LogP contribution in [0.25, 0.3) is 0 Å². The number of nitrogens with one attached hydrogen (secondary N) is 2.